The Hall–Kier alpha value is -2.19. The first-order chi connectivity index (χ1) is 11.5. The number of H-pyrrole nitrogens is 1. The summed E-state index contributed by atoms with van der Waals surface area (Å²) < 4.78 is 7.13. The van der Waals surface area contributed by atoms with Gasteiger partial charge in [-0.15, -0.1) is 5.10 Å². The molecule has 2 N–H and O–H groups in total. The van der Waals surface area contributed by atoms with E-state index in [0.29, 0.717) is 31.2 Å². The quantitative estimate of drug-likeness (QED) is 0.623. The lowest BCUT2D eigenvalue weighted by atomic mass is 10.2. The van der Waals surface area contributed by atoms with E-state index in [1.54, 1.807) is 36.4 Å². The first kappa shape index (κ1) is 16.7. The van der Waals surface area contributed by atoms with E-state index in [1.165, 1.54) is 6.92 Å². The normalized spacial score (nSPS) is 10.6. The summed E-state index contributed by atoms with van der Waals surface area (Å²) in [5.41, 5.74) is 0.338. The number of hydrogen-bond acceptors (Lipinski definition) is 4. The second-order valence-corrected chi connectivity index (χ2v) is 6.66. The van der Waals surface area contributed by atoms with Gasteiger partial charge >= 0.3 is 0 Å². The highest BCUT2D eigenvalue weighted by Gasteiger charge is 2.14. The summed E-state index contributed by atoms with van der Waals surface area (Å²) in [7, 11) is 0. The van der Waals surface area contributed by atoms with Crippen molar-refractivity contribution in [1.82, 2.24) is 10.2 Å². The van der Waals surface area contributed by atoms with Gasteiger partial charge < -0.3 is 10.1 Å². The molecule has 122 valence electrons. The molecule has 0 unspecified atom stereocenters. The molecule has 0 aliphatic rings. The molecular weight excluding hydrogens is 442 g/mol. The van der Waals surface area contributed by atoms with E-state index in [1.807, 2.05) is 0 Å². The minimum Gasteiger partial charge on any atom is -0.435 e. The second kappa shape index (κ2) is 6.74. The van der Waals surface area contributed by atoms with Crippen molar-refractivity contribution in [2.24, 2.45) is 0 Å². The first-order valence-electron chi connectivity index (χ1n) is 6.87. The number of hydrogen-bond donors (Lipinski definition) is 2. The number of nitrogens with one attached hydrogen (secondary N) is 2. The van der Waals surface area contributed by atoms with Crippen LogP contribution < -0.4 is 15.6 Å². The molecule has 3 rings (SSSR count). The van der Waals surface area contributed by atoms with Crippen LogP contribution in [0.4, 0.5) is 5.69 Å². The number of benzene rings is 2. The Labute approximate surface area is 153 Å². The van der Waals surface area contributed by atoms with Crippen LogP contribution in [0.15, 0.2) is 50.1 Å². The summed E-state index contributed by atoms with van der Waals surface area (Å²) in [6, 6.07) is 10.5. The number of carbonyl (C=O) groups is 1. The van der Waals surface area contributed by atoms with Gasteiger partial charge in [0, 0.05) is 12.6 Å². The van der Waals surface area contributed by atoms with Crippen molar-refractivity contribution in [2.75, 3.05) is 5.32 Å². The fourth-order valence-corrected chi connectivity index (χ4v) is 3.55. The van der Waals surface area contributed by atoms with Gasteiger partial charge in [0.05, 0.1) is 19.7 Å². The van der Waals surface area contributed by atoms with Crippen LogP contribution in [0.25, 0.3) is 10.8 Å². The van der Waals surface area contributed by atoms with Gasteiger partial charge in [0.15, 0.2) is 5.75 Å². The van der Waals surface area contributed by atoms with Crippen molar-refractivity contribution in [2.45, 2.75) is 6.92 Å². The van der Waals surface area contributed by atoms with Gasteiger partial charge in [0.25, 0.3) is 5.56 Å². The lowest BCUT2D eigenvalue weighted by Gasteiger charge is -2.12. The van der Waals surface area contributed by atoms with Crippen LogP contribution in [0.2, 0.25) is 0 Å². The minimum absolute atomic E-state index is 0.171. The number of halogens is 2. The fourth-order valence-electron chi connectivity index (χ4n) is 2.20. The molecule has 6 nitrogen and oxygen atoms in total. The van der Waals surface area contributed by atoms with Crippen molar-refractivity contribution < 1.29 is 9.53 Å². The SMILES string of the molecule is CC(=O)Nc1cc(Br)c(Oc2n[nH]c(=O)c3ccccc23)c(Br)c1. The number of nitrogens with zero attached hydrogens (tertiary/aromatic N) is 1. The number of amides is 1. The zero-order valence-corrected chi connectivity index (χ0v) is 15.6. The third-order valence-electron chi connectivity index (χ3n) is 3.18. The van der Waals surface area contributed by atoms with Crippen LogP contribution in [0.5, 0.6) is 11.6 Å². The Morgan fingerprint density at radius 3 is 2.42 bits per heavy atom. The lowest BCUT2D eigenvalue weighted by molar-refractivity contribution is -0.114. The van der Waals surface area contributed by atoms with Gasteiger partial charge in [0.2, 0.25) is 11.8 Å². The Bertz CT molecular complexity index is 978. The summed E-state index contributed by atoms with van der Waals surface area (Å²) in [5.74, 6) is 0.587. The molecule has 1 heterocycles. The van der Waals surface area contributed by atoms with Gasteiger partial charge in [-0.05, 0) is 56.1 Å². The van der Waals surface area contributed by atoms with E-state index in [4.69, 9.17) is 4.74 Å². The van der Waals surface area contributed by atoms with Crippen LogP contribution in [0.3, 0.4) is 0 Å². The Balaban J connectivity index is 2.05. The van der Waals surface area contributed by atoms with Crippen molar-refractivity contribution in [1.29, 1.82) is 0 Å². The van der Waals surface area contributed by atoms with Crippen LogP contribution in [-0.2, 0) is 4.79 Å². The molecular formula is C16H11Br2N3O3. The third-order valence-corrected chi connectivity index (χ3v) is 4.36. The fraction of sp³-hybridized carbons (Fsp3) is 0.0625. The maximum Gasteiger partial charge on any atom is 0.272 e. The molecule has 0 bridgehead atoms. The first-order valence-corrected chi connectivity index (χ1v) is 8.46. The number of fused-ring (bicyclic) bond motifs is 1. The number of aromatic amines is 1. The molecule has 0 fully saturated rings. The summed E-state index contributed by atoms with van der Waals surface area (Å²) in [4.78, 5) is 23.0. The molecule has 0 radical (unpaired) electrons. The predicted octanol–water partition coefficient (Wildman–Crippen LogP) is 4.20. The summed E-state index contributed by atoms with van der Waals surface area (Å²) in [5, 5.41) is 10.2. The monoisotopic (exact) mass is 451 g/mol. The number of rotatable bonds is 3. The Kier molecular flexibility index (Phi) is 4.68. The molecule has 2 aromatic carbocycles. The molecule has 0 saturated heterocycles. The van der Waals surface area contributed by atoms with E-state index in [-0.39, 0.29) is 17.3 Å². The minimum atomic E-state index is -0.280. The predicted molar refractivity (Wildman–Crippen MR) is 98.6 cm³/mol. The molecule has 0 atom stereocenters. The van der Waals surface area contributed by atoms with Crippen molar-refractivity contribution in [3.63, 3.8) is 0 Å². The van der Waals surface area contributed by atoms with Crippen LogP contribution in [0.1, 0.15) is 6.92 Å². The maximum absolute atomic E-state index is 11.8. The van der Waals surface area contributed by atoms with Gasteiger partial charge in [-0.2, -0.15) is 0 Å². The standard InChI is InChI=1S/C16H11Br2N3O3/c1-8(22)19-9-6-12(17)14(13(18)7-9)24-16-11-5-3-2-4-10(11)15(23)20-21-16/h2-7H,1H3,(H,19,22)(H,20,23). The van der Waals surface area contributed by atoms with Crippen LogP contribution in [-0.4, -0.2) is 16.1 Å². The average molecular weight is 453 g/mol. The molecule has 3 aromatic rings. The largest absolute Gasteiger partial charge is 0.435 e. The van der Waals surface area contributed by atoms with Gasteiger partial charge in [-0.1, -0.05) is 12.1 Å². The molecule has 0 aliphatic carbocycles. The van der Waals surface area contributed by atoms with E-state index in [2.05, 4.69) is 47.4 Å². The molecule has 0 saturated carbocycles. The van der Waals surface area contributed by atoms with Gasteiger partial charge in [0.1, 0.15) is 0 Å². The lowest BCUT2D eigenvalue weighted by Crippen LogP contribution is -2.09. The average Bonchev–Trinajstić information content (AvgIpc) is 2.52. The number of ether oxygens (including phenoxy) is 1. The van der Waals surface area contributed by atoms with Crippen LogP contribution in [0, 0.1) is 0 Å². The second-order valence-electron chi connectivity index (χ2n) is 4.96. The van der Waals surface area contributed by atoms with E-state index < -0.39 is 0 Å². The highest BCUT2D eigenvalue weighted by Crippen LogP contribution is 2.39. The van der Waals surface area contributed by atoms with E-state index in [0.717, 1.165) is 0 Å². The van der Waals surface area contributed by atoms with Crippen molar-refractivity contribution in [3.8, 4) is 11.6 Å². The number of carbonyl (C=O) groups excluding carboxylic acids is 1. The molecule has 0 spiro atoms. The van der Waals surface area contributed by atoms with E-state index >= 15 is 0 Å². The van der Waals surface area contributed by atoms with Crippen molar-refractivity contribution in [3.05, 3.63) is 55.7 Å². The van der Waals surface area contributed by atoms with Crippen LogP contribution >= 0.6 is 31.9 Å². The van der Waals surface area contributed by atoms with Gasteiger partial charge in [-0.25, -0.2) is 5.10 Å². The highest BCUT2D eigenvalue weighted by atomic mass is 79.9. The van der Waals surface area contributed by atoms with Crippen molar-refractivity contribution >= 4 is 54.2 Å². The van der Waals surface area contributed by atoms with E-state index in [9.17, 15) is 9.59 Å². The zero-order valence-electron chi connectivity index (χ0n) is 12.4. The molecule has 0 aliphatic heterocycles. The number of aromatic nitrogens is 2. The number of anilines is 1. The smallest absolute Gasteiger partial charge is 0.272 e. The third kappa shape index (κ3) is 3.34. The zero-order chi connectivity index (χ0) is 17.3. The topological polar surface area (TPSA) is 84.1 Å². The molecule has 8 heteroatoms. The van der Waals surface area contributed by atoms with Gasteiger partial charge in [-0.3, -0.25) is 9.59 Å². The maximum atomic E-state index is 11.8. The molecule has 24 heavy (non-hydrogen) atoms. The molecule has 1 amide bonds. The Morgan fingerprint density at radius 2 is 1.79 bits per heavy atom. The molecule has 1 aromatic heterocycles. The summed E-state index contributed by atoms with van der Waals surface area (Å²) in [6.07, 6.45) is 0. The highest BCUT2D eigenvalue weighted by molar-refractivity contribution is 9.11. The summed E-state index contributed by atoms with van der Waals surface area (Å²) >= 11 is 6.84. The summed E-state index contributed by atoms with van der Waals surface area (Å²) in [6.45, 7) is 1.43. The Morgan fingerprint density at radius 1 is 1.17 bits per heavy atom.